The molecule has 0 spiro atoms. The van der Waals surface area contributed by atoms with Gasteiger partial charge in [0.05, 0.1) is 5.56 Å². The van der Waals surface area contributed by atoms with Crippen LogP contribution in [0.5, 0.6) is 5.75 Å². The highest BCUT2D eigenvalue weighted by atomic mass is 16.3. The number of allylic oxidation sites excluding steroid dienone is 2. The molecular weight excluding hydrogens is 236 g/mol. The van der Waals surface area contributed by atoms with Crippen LogP contribution in [-0.2, 0) is 0 Å². The van der Waals surface area contributed by atoms with Crippen molar-refractivity contribution in [2.24, 2.45) is 0 Å². The zero-order valence-electron chi connectivity index (χ0n) is 10.5. The molecule has 0 aliphatic rings. The second-order valence-electron chi connectivity index (χ2n) is 4.16. The Bertz CT molecular complexity index is 640. The molecule has 94 valence electrons. The van der Waals surface area contributed by atoms with E-state index in [0.29, 0.717) is 11.1 Å². The summed E-state index contributed by atoms with van der Waals surface area (Å²) in [5.74, 6) is -0.247. The molecular formula is C17H14O2. The molecule has 0 unspecified atom stereocenters. The van der Waals surface area contributed by atoms with Crippen molar-refractivity contribution in [3.8, 4) is 5.75 Å². The van der Waals surface area contributed by atoms with Crippen molar-refractivity contribution < 1.29 is 9.90 Å². The van der Waals surface area contributed by atoms with Crippen molar-refractivity contribution in [1.82, 2.24) is 0 Å². The Morgan fingerprint density at radius 2 is 1.74 bits per heavy atom. The van der Waals surface area contributed by atoms with Gasteiger partial charge in [0, 0.05) is 5.56 Å². The molecule has 0 fully saturated rings. The van der Waals surface area contributed by atoms with E-state index in [1.54, 1.807) is 42.5 Å². The van der Waals surface area contributed by atoms with Crippen molar-refractivity contribution in [3.63, 3.8) is 0 Å². The van der Waals surface area contributed by atoms with E-state index in [2.05, 4.69) is 13.2 Å². The van der Waals surface area contributed by atoms with Gasteiger partial charge in [0.2, 0.25) is 0 Å². The van der Waals surface area contributed by atoms with Crippen LogP contribution in [0.15, 0.2) is 67.8 Å². The molecule has 2 heteroatoms. The van der Waals surface area contributed by atoms with E-state index in [1.165, 1.54) is 6.07 Å². The molecule has 1 N–H and O–H groups in total. The molecule has 2 nitrogen and oxygen atoms in total. The fourth-order valence-corrected chi connectivity index (χ4v) is 1.79. The minimum atomic E-state index is -0.200. The van der Waals surface area contributed by atoms with Crippen LogP contribution < -0.4 is 0 Å². The van der Waals surface area contributed by atoms with Crippen LogP contribution in [0.1, 0.15) is 21.5 Å². The van der Waals surface area contributed by atoms with E-state index in [-0.39, 0.29) is 17.1 Å². The minimum Gasteiger partial charge on any atom is -0.507 e. The minimum absolute atomic E-state index is 0.0469. The predicted octanol–water partition coefficient (Wildman–Crippen LogP) is 3.82. The Hall–Kier alpha value is -2.61. The van der Waals surface area contributed by atoms with Gasteiger partial charge >= 0.3 is 0 Å². The van der Waals surface area contributed by atoms with E-state index in [4.69, 9.17) is 0 Å². The average molecular weight is 250 g/mol. The molecule has 0 saturated carbocycles. The maximum absolute atomic E-state index is 12.2. The van der Waals surface area contributed by atoms with Gasteiger partial charge in [-0.1, -0.05) is 55.6 Å². The van der Waals surface area contributed by atoms with Crippen LogP contribution >= 0.6 is 0 Å². The maximum Gasteiger partial charge on any atom is 0.196 e. The number of phenols is 1. The Morgan fingerprint density at radius 1 is 1.05 bits per heavy atom. The summed E-state index contributed by atoms with van der Waals surface area (Å²) in [7, 11) is 0. The van der Waals surface area contributed by atoms with Gasteiger partial charge in [-0.25, -0.2) is 0 Å². The molecule has 0 radical (unpaired) electrons. The summed E-state index contributed by atoms with van der Waals surface area (Å²) >= 11 is 0. The first-order chi connectivity index (χ1) is 9.13. The first kappa shape index (κ1) is 12.8. The van der Waals surface area contributed by atoms with Gasteiger partial charge in [-0.05, 0) is 23.3 Å². The molecule has 0 bridgehead atoms. The third-order valence-electron chi connectivity index (χ3n) is 2.90. The lowest BCUT2D eigenvalue weighted by atomic mass is 9.99. The van der Waals surface area contributed by atoms with Gasteiger partial charge < -0.3 is 5.11 Å². The fraction of sp³-hybridized carbons (Fsp3) is 0. The molecule has 0 amide bonds. The Labute approximate surface area is 112 Å². The lowest BCUT2D eigenvalue weighted by molar-refractivity contribution is 0.103. The number of carbonyl (C=O) groups is 1. The van der Waals surface area contributed by atoms with E-state index < -0.39 is 0 Å². The first-order valence-corrected chi connectivity index (χ1v) is 5.88. The predicted molar refractivity (Wildman–Crippen MR) is 77.2 cm³/mol. The van der Waals surface area contributed by atoms with E-state index in [9.17, 15) is 9.90 Å². The standard InChI is InChI=1S/C17H14O2/c1-3-12(2)14-9-10-15(16(18)11-14)17(19)13-7-5-4-6-8-13/h3-11,18H,1-2H2. The topological polar surface area (TPSA) is 37.3 Å². The third-order valence-corrected chi connectivity index (χ3v) is 2.90. The summed E-state index contributed by atoms with van der Waals surface area (Å²) in [6, 6.07) is 13.7. The van der Waals surface area contributed by atoms with Crippen molar-refractivity contribution in [1.29, 1.82) is 0 Å². The van der Waals surface area contributed by atoms with E-state index in [0.717, 1.165) is 5.56 Å². The second-order valence-corrected chi connectivity index (χ2v) is 4.16. The third kappa shape index (κ3) is 2.63. The Morgan fingerprint density at radius 3 is 2.32 bits per heavy atom. The lowest BCUT2D eigenvalue weighted by Crippen LogP contribution is -2.01. The van der Waals surface area contributed by atoms with Gasteiger partial charge in [-0.3, -0.25) is 4.79 Å². The maximum atomic E-state index is 12.2. The van der Waals surface area contributed by atoms with Crippen molar-refractivity contribution >= 4 is 11.4 Å². The number of benzene rings is 2. The molecule has 0 saturated heterocycles. The molecule has 0 aliphatic carbocycles. The van der Waals surface area contributed by atoms with Gasteiger partial charge in [0.1, 0.15) is 5.75 Å². The van der Waals surface area contributed by atoms with Gasteiger partial charge in [0.15, 0.2) is 5.78 Å². The van der Waals surface area contributed by atoms with Crippen LogP contribution in [0.25, 0.3) is 5.57 Å². The Kier molecular flexibility index (Phi) is 3.62. The number of rotatable bonds is 4. The Balaban J connectivity index is 2.39. The zero-order valence-corrected chi connectivity index (χ0v) is 10.5. The van der Waals surface area contributed by atoms with Gasteiger partial charge in [-0.15, -0.1) is 0 Å². The molecule has 19 heavy (non-hydrogen) atoms. The molecule has 0 atom stereocenters. The summed E-state index contributed by atoms with van der Waals surface area (Å²) in [6.45, 7) is 7.43. The number of hydrogen-bond donors (Lipinski definition) is 1. The van der Waals surface area contributed by atoms with Crippen LogP contribution in [0, 0.1) is 0 Å². The summed E-state index contributed by atoms with van der Waals surface area (Å²) in [4.78, 5) is 12.2. The quantitative estimate of drug-likeness (QED) is 0.661. The number of hydrogen-bond acceptors (Lipinski definition) is 2. The zero-order chi connectivity index (χ0) is 13.8. The SMILES string of the molecule is C=CC(=C)c1ccc(C(=O)c2ccccc2)c(O)c1. The van der Waals surface area contributed by atoms with Crippen molar-refractivity contribution in [2.45, 2.75) is 0 Å². The van der Waals surface area contributed by atoms with Crippen LogP contribution in [0.2, 0.25) is 0 Å². The molecule has 2 rings (SSSR count). The average Bonchev–Trinajstić information content (AvgIpc) is 2.46. The number of carbonyl (C=O) groups excluding carboxylic acids is 1. The van der Waals surface area contributed by atoms with Crippen molar-refractivity contribution in [2.75, 3.05) is 0 Å². The van der Waals surface area contributed by atoms with Gasteiger partial charge in [-0.2, -0.15) is 0 Å². The first-order valence-electron chi connectivity index (χ1n) is 5.88. The van der Waals surface area contributed by atoms with Crippen LogP contribution in [-0.4, -0.2) is 10.9 Å². The molecule has 0 heterocycles. The second kappa shape index (κ2) is 5.36. The summed E-state index contributed by atoms with van der Waals surface area (Å²) in [6.07, 6.45) is 1.60. The summed E-state index contributed by atoms with van der Waals surface area (Å²) in [5.41, 5.74) is 2.28. The lowest BCUT2D eigenvalue weighted by Gasteiger charge is -2.07. The van der Waals surface area contributed by atoms with Crippen LogP contribution in [0.4, 0.5) is 0 Å². The van der Waals surface area contributed by atoms with Crippen molar-refractivity contribution in [3.05, 3.63) is 84.5 Å². The summed E-state index contributed by atoms with van der Waals surface area (Å²) in [5, 5.41) is 9.97. The van der Waals surface area contributed by atoms with E-state index >= 15 is 0 Å². The van der Waals surface area contributed by atoms with E-state index in [1.807, 2.05) is 6.07 Å². The van der Waals surface area contributed by atoms with Crippen LogP contribution in [0.3, 0.4) is 0 Å². The highest BCUT2D eigenvalue weighted by Gasteiger charge is 2.13. The normalized spacial score (nSPS) is 9.89. The molecule has 0 aromatic heterocycles. The molecule has 0 aliphatic heterocycles. The number of phenolic OH excluding ortho intramolecular Hbond substituents is 1. The monoisotopic (exact) mass is 250 g/mol. The fourth-order valence-electron chi connectivity index (χ4n) is 1.79. The smallest absolute Gasteiger partial charge is 0.196 e. The molecule has 2 aromatic rings. The largest absolute Gasteiger partial charge is 0.507 e. The number of aromatic hydroxyl groups is 1. The summed E-state index contributed by atoms with van der Waals surface area (Å²) < 4.78 is 0. The highest BCUT2D eigenvalue weighted by Crippen LogP contribution is 2.25. The highest BCUT2D eigenvalue weighted by molar-refractivity contribution is 6.10. The van der Waals surface area contributed by atoms with Gasteiger partial charge in [0.25, 0.3) is 0 Å². The molecule has 2 aromatic carbocycles. The number of ketones is 1.